The predicted molar refractivity (Wildman–Crippen MR) is 74.8 cm³/mol. The molecule has 0 atom stereocenters. The zero-order valence-corrected chi connectivity index (χ0v) is 11.5. The third-order valence-corrected chi connectivity index (χ3v) is 3.03. The molecule has 4 nitrogen and oxygen atoms in total. The van der Waals surface area contributed by atoms with Crippen molar-refractivity contribution >= 4 is 11.6 Å². The Hall–Kier alpha value is -2.30. The van der Waals surface area contributed by atoms with E-state index in [1.165, 1.54) is 12.1 Å². The molecule has 1 heterocycles. The summed E-state index contributed by atoms with van der Waals surface area (Å²) in [6.07, 6.45) is 1.57. The van der Waals surface area contributed by atoms with Gasteiger partial charge in [-0.05, 0) is 36.8 Å². The van der Waals surface area contributed by atoms with Crippen LogP contribution in [0.3, 0.4) is 0 Å². The Bertz CT molecular complexity index is 582. The number of nitrogens with zero attached hydrogens (tertiary/aromatic N) is 1. The van der Waals surface area contributed by atoms with Gasteiger partial charge in [-0.25, -0.2) is 4.39 Å². The molecule has 0 spiro atoms. The molecule has 5 heteroatoms. The molecule has 0 unspecified atom stereocenters. The van der Waals surface area contributed by atoms with Crippen LogP contribution in [0.25, 0.3) is 0 Å². The highest BCUT2D eigenvalue weighted by molar-refractivity contribution is 5.80. The van der Waals surface area contributed by atoms with E-state index in [1.807, 2.05) is 13.0 Å². The molecule has 1 amide bonds. The summed E-state index contributed by atoms with van der Waals surface area (Å²) >= 11 is 0. The van der Waals surface area contributed by atoms with Crippen molar-refractivity contribution in [3.05, 3.63) is 53.7 Å². The normalized spacial score (nSPS) is 10.3. The number of rotatable bonds is 5. The second kappa shape index (κ2) is 6.23. The summed E-state index contributed by atoms with van der Waals surface area (Å²) in [6.45, 7) is 2.38. The fourth-order valence-corrected chi connectivity index (χ4v) is 1.81. The Balaban J connectivity index is 1.89. The molecule has 0 radical (unpaired) electrons. The molecule has 106 valence electrons. The van der Waals surface area contributed by atoms with E-state index >= 15 is 0 Å². The molecule has 2 aromatic rings. The Kier molecular flexibility index (Phi) is 4.40. The Labute approximate surface area is 117 Å². The zero-order valence-electron chi connectivity index (χ0n) is 11.5. The van der Waals surface area contributed by atoms with Crippen molar-refractivity contribution < 1.29 is 13.6 Å². The van der Waals surface area contributed by atoms with E-state index in [0.29, 0.717) is 12.2 Å². The molecule has 1 aromatic heterocycles. The molecule has 0 aliphatic rings. The Morgan fingerprint density at radius 3 is 2.90 bits per heavy atom. The summed E-state index contributed by atoms with van der Waals surface area (Å²) in [4.78, 5) is 13.5. The van der Waals surface area contributed by atoms with Crippen molar-refractivity contribution in [1.82, 2.24) is 4.90 Å². The number of benzene rings is 1. The van der Waals surface area contributed by atoms with Gasteiger partial charge in [0.05, 0.1) is 19.4 Å². The van der Waals surface area contributed by atoms with Gasteiger partial charge in [0.25, 0.3) is 0 Å². The highest BCUT2D eigenvalue weighted by atomic mass is 19.1. The van der Waals surface area contributed by atoms with Crippen molar-refractivity contribution in [2.45, 2.75) is 13.5 Å². The molecule has 0 saturated carbocycles. The van der Waals surface area contributed by atoms with Gasteiger partial charge >= 0.3 is 0 Å². The molecular formula is C15H17FN2O2. The van der Waals surface area contributed by atoms with Crippen LogP contribution in [0.5, 0.6) is 0 Å². The SMILES string of the molecule is Cc1ccc(F)cc1NCC(=O)N(C)Cc1ccco1. The Morgan fingerprint density at radius 2 is 2.20 bits per heavy atom. The average Bonchev–Trinajstić information content (AvgIpc) is 2.92. The quantitative estimate of drug-likeness (QED) is 0.913. The van der Waals surface area contributed by atoms with Gasteiger partial charge in [-0.1, -0.05) is 6.07 Å². The number of aryl methyl sites for hydroxylation is 1. The second-order valence-electron chi connectivity index (χ2n) is 4.64. The van der Waals surface area contributed by atoms with E-state index in [-0.39, 0.29) is 18.3 Å². The topological polar surface area (TPSA) is 45.5 Å². The molecule has 0 saturated heterocycles. The van der Waals surface area contributed by atoms with Gasteiger partial charge < -0.3 is 14.6 Å². The summed E-state index contributed by atoms with van der Waals surface area (Å²) in [5, 5.41) is 2.95. The van der Waals surface area contributed by atoms with Gasteiger partial charge in [0.15, 0.2) is 0 Å². The van der Waals surface area contributed by atoms with Gasteiger partial charge in [-0.3, -0.25) is 4.79 Å². The van der Waals surface area contributed by atoms with Crippen LogP contribution in [0.1, 0.15) is 11.3 Å². The van der Waals surface area contributed by atoms with E-state index < -0.39 is 0 Å². The van der Waals surface area contributed by atoms with Crippen LogP contribution in [0.15, 0.2) is 41.0 Å². The van der Waals surface area contributed by atoms with Crippen LogP contribution in [0.2, 0.25) is 0 Å². The molecule has 0 bridgehead atoms. The highest BCUT2D eigenvalue weighted by Crippen LogP contribution is 2.15. The van der Waals surface area contributed by atoms with E-state index in [9.17, 15) is 9.18 Å². The summed E-state index contributed by atoms with van der Waals surface area (Å²) in [6, 6.07) is 8.05. The van der Waals surface area contributed by atoms with Crippen molar-refractivity contribution in [3.63, 3.8) is 0 Å². The lowest BCUT2D eigenvalue weighted by atomic mass is 10.2. The summed E-state index contributed by atoms with van der Waals surface area (Å²) in [5.41, 5.74) is 1.53. The van der Waals surface area contributed by atoms with Gasteiger partial charge in [0, 0.05) is 12.7 Å². The van der Waals surface area contributed by atoms with Crippen LogP contribution in [0, 0.1) is 12.7 Å². The van der Waals surface area contributed by atoms with Crippen molar-refractivity contribution in [2.75, 3.05) is 18.9 Å². The van der Waals surface area contributed by atoms with Crippen molar-refractivity contribution in [3.8, 4) is 0 Å². The van der Waals surface area contributed by atoms with Crippen LogP contribution in [-0.2, 0) is 11.3 Å². The lowest BCUT2D eigenvalue weighted by molar-refractivity contribution is -0.128. The maximum atomic E-state index is 13.1. The van der Waals surface area contributed by atoms with Gasteiger partial charge in [0.2, 0.25) is 5.91 Å². The van der Waals surface area contributed by atoms with Crippen LogP contribution < -0.4 is 5.32 Å². The fraction of sp³-hybridized carbons (Fsp3) is 0.267. The van der Waals surface area contributed by atoms with E-state index in [0.717, 1.165) is 11.3 Å². The summed E-state index contributed by atoms with van der Waals surface area (Å²) in [5.74, 6) is 0.308. The summed E-state index contributed by atoms with van der Waals surface area (Å²) < 4.78 is 18.3. The Morgan fingerprint density at radius 1 is 1.40 bits per heavy atom. The zero-order chi connectivity index (χ0) is 14.5. The first kappa shape index (κ1) is 14.1. The first-order chi connectivity index (χ1) is 9.56. The number of likely N-dealkylation sites (N-methyl/N-ethyl adjacent to an activating group) is 1. The number of amides is 1. The van der Waals surface area contributed by atoms with E-state index in [2.05, 4.69) is 5.32 Å². The maximum Gasteiger partial charge on any atom is 0.242 e. The molecule has 0 aliphatic heterocycles. The highest BCUT2D eigenvalue weighted by Gasteiger charge is 2.11. The van der Waals surface area contributed by atoms with Gasteiger partial charge in [0.1, 0.15) is 11.6 Å². The molecule has 20 heavy (non-hydrogen) atoms. The molecular weight excluding hydrogens is 259 g/mol. The maximum absolute atomic E-state index is 13.1. The third-order valence-electron chi connectivity index (χ3n) is 3.03. The number of hydrogen-bond donors (Lipinski definition) is 1. The molecule has 0 aliphatic carbocycles. The molecule has 0 fully saturated rings. The second-order valence-corrected chi connectivity index (χ2v) is 4.64. The van der Waals surface area contributed by atoms with E-state index in [1.54, 1.807) is 30.3 Å². The number of carbonyl (C=O) groups excluding carboxylic acids is 1. The van der Waals surface area contributed by atoms with Crippen LogP contribution in [0.4, 0.5) is 10.1 Å². The number of carbonyl (C=O) groups is 1. The molecule has 1 aromatic carbocycles. The molecule has 1 N–H and O–H groups in total. The average molecular weight is 276 g/mol. The van der Waals surface area contributed by atoms with Crippen LogP contribution >= 0.6 is 0 Å². The van der Waals surface area contributed by atoms with Crippen molar-refractivity contribution in [1.29, 1.82) is 0 Å². The molecule has 2 rings (SSSR count). The lowest BCUT2D eigenvalue weighted by Crippen LogP contribution is -2.31. The number of furan rings is 1. The summed E-state index contributed by atoms with van der Waals surface area (Å²) in [7, 11) is 1.70. The first-order valence-corrected chi connectivity index (χ1v) is 6.32. The number of nitrogens with one attached hydrogen (secondary N) is 1. The first-order valence-electron chi connectivity index (χ1n) is 6.32. The van der Waals surface area contributed by atoms with E-state index in [4.69, 9.17) is 4.42 Å². The smallest absolute Gasteiger partial charge is 0.242 e. The number of anilines is 1. The van der Waals surface area contributed by atoms with Crippen LogP contribution in [-0.4, -0.2) is 24.4 Å². The lowest BCUT2D eigenvalue weighted by Gasteiger charge is -2.17. The van der Waals surface area contributed by atoms with Gasteiger partial charge in [-0.15, -0.1) is 0 Å². The minimum absolute atomic E-state index is 0.0925. The number of hydrogen-bond acceptors (Lipinski definition) is 3. The third kappa shape index (κ3) is 3.60. The largest absolute Gasteiger partial charge is 0.467 e. The minimum Gasteiger partial charge on any atom is -0.467 e. The van der Waals surface area contributed by atoms with Crippen molar-refractivity contribution in [2.24, 2.45) is 0 Å². The minimum atomic E-state index is -0.325. The number of halogens is 1. The van der Waals surface area contributed by atoms with Gasteiger partial charge in [-0.2, -0.15) is 0 Å². The fourth-order valence-electron chi connectivity index (χ4n) is 1.81. The predicted octanol–water partition coefficient (Wildman–Crippen LogP) is 2.80. The monoisotopic (exact) mass is 276 g/mol. The standard InChI is InChI=1S/C15H17FN2O2/c1-11-5-6-12(16)8-14(11)17-9-15(19)18(2)10-13-4-3-7-20-13/h3-8,17H,9-10H2,1-2H3.